The number of benzene rings is 1. The molecular formula is C11H10N2O4. The van der Waals surface area contributed by atoms with Gasteiger partial charge in [0, 0.05) is 18.7 Å². The highest BCUT2D eigenvalue weighted by molar-refractivity contribution is 5.67. The van der Waals surface area contributed by atoms with E-state index in [1.54, 1.807) is 6.07 Å². The van der Waals surface area contributed by atoms with Gasteiger partial charge in [-0.05, 0) is 6.07 Å². The standard InChI is InChI=1S/C11H10N2O4/c1-16-5-8-3-10(13-7-15)11(17-2)4-9(8)12-6-14/h3-4H,5H2,1-2H3. The molecule has 0 aliphatic rings. The molecule has 0 unspecified atom stereocenters. The lowest BCUT2D eigenvalue weighted by molar-refractivity contribution is 0.185. The Balaban J connectivity index is 3.40. The Hall–Kier alpha value is -2.26. The van der Waals surface area contributed by atoms with Crippen molar-refractivity contribution in [2.24, 2.45) is 9.98 Å². The molecule has 1 rings (SSSR count). The zero-order chi connectivity index (χ0) is 12.7. The summed E-state index contributed by atoms with van der Waals surface area (Å²) >= 11 is 0. The molecule has 0 fully saturated rings. The number of carbonyl (C=O) groups excluding carboxylic acids is 2. The maximum absolute atomic E-state index is 10.3. The van der Waals surface area contributed by atoms with Crippen molar-refractivity contribution in [1.29, 1.82) is 0 Å². The normalized spacial score (nSPS) is 9.06. The van der Waals surface area contributed by atoms with Crippen LogP contribution in [-0.4, -0.2) is 26.4 Å². The molecule has 6 heteroatoms. The molecule has 1 aromatic rings. The topological polar surface area (TPSA) is 77.3 Å². The van der Waals surface area contributed by atoms with Crippen LogP contribution in [0, 0.1) is 0 Å². The number of rotatable bonds is 5. The Morgan fingerprint density at radius 3 is 2.29 bits per heavy atom. The van der Waals surface area contributed by atoms with Crippen LogP contribution in [0.15, 0.2) is 22.1 Å². The quantitative estimate of drug-likeness (QED) is 0.574. The lowest BCUT2D eigenvalue weighted by Gasteiger charge is -2.08. The fourth-order valence-corrected chi connectivity index (χ4v) is 1.33. The van der Waals surface area contributed by atoms with Crippen LogP contribution in [0.5, 0.6) is 5.75 Å². The van der Waals surface area contributed by atoms with Crippen molar-refractivity contribution in [2.45, 2.75) is 6.61 Å². The van der Waals surface area contributed by atoms with E-state index in [9.17, 15) is 9.59 Å². The molecule has 1 aromatic carbocycles. The van der Waals surface area contributed by atoms with E-state index in [-0.39, 0.29) is 6.61 Å². The molecule has 0 aliphatic carbocycles. The van der Waals surface area contributed by atoms with Gasteiger partial charge in [-0.1, -0.05) is 0 Å². The molecule has 0 bridgehead atoms. The van der Waals surface area contributed by atoms with Crippen molar-refractivity contribution >= 4 is 23.5 Å². The third kappa shape index (κ3) is 3.09. The molecule has 0 saturated carbocycles. The van der Waals surface area contributed by atoms with E-state index >= 15 is 0 Å². The van der Waals surface area contributed by atoms with E-state index in [4.69, 9.17) is 9.47 Å². The second-order valence-electron chi connectivity index (χ2n) is 2.99. The summed E-state index contributed by atoms with van der Waals surface area (Å²) in [6.07, 6.45) is 2.87. The number of aliphatic imine (C=N–C) groups is 2. The Labute approximate surface area is 97.6 Å². The van der Waals surface area contributed by atoms with Crippen LogP contribution in [0.2, 0.25) is 0 Å². The highest BCUT2D eigenvalue weighted by Gasteiger charge is 2.10. The Morgan fingerprint density at radius 2 is 1.76 bits per heavy atom. The number of nitrogens with zero attached hydrogens (tertiary/aromatic N) is 2. The van der Waals surface area contributed by atoms with Crippen LogP contribution in [0.25, 0.3) is 0 Å². The molecular weight excluding hydrogens is 224 g/mol. The molecule has 0 N–H and O–H groups in total. The summed E-state index contributed by atoms with van der Waals surface area (Å²) in [4.78, 5) is 27.6. The lowest BCUT2D eigenvalue weighted by Crippen LogP contribution is -1.91. The number of hydrogen-bond donors (Lipinski definition) is 0. The molecule has 0 spiro atoms. The van der Waals surface area contributed by atoms with E-state index in [0.29, 0.717) is 22.7 Å². The maximum atomic E-state index is 10.3. The van der Waals surface area contributed by atoms with Gasteiger partial charge in [-0.2, -0.15) is 9.98 Å². The van der Waals surface area contributed by atoms with Gasteiger partial charge in [0.25, 0.3) is 0 Å². The van der Waals surface area contributed by atoms with Crippen LogP contribution in [0.1, 0.15) is 5.56 Å². The summed E-state index contributed by atoms with van der Waals surface area (Å²) in [5.74, 6) is 0.321. The van der Waals surface area contributed by atoms with Gasteiger partial charge < -0.3 is 9.47 Å². The molecule has 6 nitrogen and oxygen atoms in total. The van der Waals surface area contributed by atoms with E-state index in [2.05, 4.69) is 9.98 Å². The zero-order valence-corrected chi connectivity index (χ0v) is 9.39. The van der Waals surface area contributed by atoms with Crippen molar-refractivity contribution in [3.05, 3.63) is 17.7 Å². The van der Waals surface area contributed by atoms with Crippen molar-refractivity contribution in [3.63, 3.8) is 0 Å². The first-order valence-electron chi connectivity index (χ1n) is 4.62. The summed E-state index contributed by atoms with van der Waals surface area (Å²) in [6.45, 7) is 0.228. The largest absolute Gasteiger partial charge is 0.494 e. The Bertz CT molecular complexity index is 500. The first kappa shape index (κ1) is 12.8. The number of isocyanates is 2. The average Bonchev–Trinajstić information content (AvgIpc) is 2.33. The minimum Gasteiger partial charge on any atom is -0.494 e. The second kappa shape index (κ2) is 6.35. The smallest absolute Gasteiger partial charge is 0.240 e. The van der Waals surface area contributed by atoms with Crippen LogP contribution < -0.4 is 4.74 Å². The van der Waals surface area contributed by atoms with Crippen LogP contribution in [-0.2, 0) is 20.9 Å². The molecule has 0 aliphatic heterocycles. The highest BCUT2D eigenvalue weighted by Crippen LogP contribution is 2.35. The average molecular weight is 234 g/mol. The van der Waals surface area contributed by atoms with Gasteiger partial charge >= 0.3 is 0 Å². The van der Waals surface area contributed by atoms with Crippen molar-refractivity contribution in [3.8, 4) is 5.75 Å². The highest BCUT2D eigenvalue weighted by atomic mass is 16.5. The van der Waals surface area contributed by atoms with Crippen molar-refractivity contribution in [1.82, 2.24) is 0 Å². The van der Waals surface area contributed by atoms with Gasteiger partial charge in [0.15, 0.2) is 0 Å². The third-order valence-corrected chi connectivity index (χ3v) is 2.01. The summed E-state index contributed by atoms with van der Waals surface area (Å²) < 4.78 is 9.97. The molecule has 17 heavy (non-hydrogen) atoms. The Morgan fingerprint density at radius 1 is 1.12 bits per heavy atom. The Kier molecular flexibility index (Phi) is 4.78. The minimum atomic E-state index is 0.228. The summed E-state index contributed by atoms with van der Waals surface area (Å²) in [5.41, 5.74) is 1.27. The van der Waals surface area contributed by atoms with Crippen LogP contribution in [0.3, 0.4) is 0 Å². The number of hydrogen-bond acceptors (Lipinski definition) is 6. The summed E-state index contributed by atoms with van der Waals surface area (Å²) in [6, 6.07) is 3.03. The van der Waals surface area contributed by atoms with Crippen molar-refractivity contribution < 1.29 is 19.1 Å². The van der Waals surface area contributed by atoms with E-state index in [1.165, 1.54) is 32.4 Å². The molecule has 0 radical (unpaired) electrons. The second-order valence-corrected chi connectivity index (χ2v) is 2.99. The fraction of sp³-hybridized carbons (Fsp3) is 0.273. The number of ether oxygens (including phenoxy) is 2. The monoisotopic (exact) mass is 234 g/mol. The number of methoxy groups -OCH3 is 2. The maximum Gasteiger partial charge on any atom is 0.240 e. The van der Waals surface area contributed by atoms with Crippen molar-refractivity contribution in [2.75, 3.05) is 14.2 Å². The lowest BCUT2D eigenvalue weighted by atomic mass is 10.1. The summed E-state index contributed by atoms with van der Waals surface area (Å²) in [7, 11) is 2.92. The van der Waals surface area contributed by atoms with E-state index < -0.39 is 0 Å². The molecule has 0 saturated heterocycles. The molecule has 0 amide bonds. The van der Waals surface area contributed by atoms with Crippen LogP contribution >= 0.6 is 0 Å². The summed E-state index contributed by atoms with van der Waals surface area (Å²) in [5, 5.41) is 0. The molecule has 88 valence electrons. The zero-order valence-electron chi connectivity index (χ0n) is 9.39. The van der Waals surface area contributed by atoms with E-state index in [1.807, 2.05) is 0 Å². The molecule has 0 aromatic heterocycles. The minimum absolute atomic E-state index is 0.228. The van der Waals surface area contributed by atoms with Gasteiger partial charge in [-0.25, -0.2) is 9.59 Å². The van der Waals surface area contributed by atoms with Gasteiger partial charge in [-0.3, -0.25) is 0 Å². The SMILES string of the molecule is COCc1cc(N=C=O)c(OC)cc1N=C=O. The molecule has 0 heterocycles. The third-order valence-electron chi connectivity index (χ3n) is 2.01. The first-order chi connectivity index (χ1) is 8.26. The van der Waals surface area contributed by atoms with E-state index in [0.717, 1.165) is 0 Å². The van der Waals surface area contributed by atoms with Gasteiger partial charge in [0.1, 0.15) is 11.4 Å². The first-order valence-corrected chi connectivity index (χ1v) is 4.62. The van der Waals surface area contributed by atoms with Gasteiger partial charge in [-0.15, -0.1) is 0 Å². The fourth-order valence-electron chi connectivity index (χ4n) is 1.33. The predicted octanol–water partition coefficient (Wildman–Crippen LogP) is 1.78. The molecule has 0 atom stereocenters. The van der Waals surface area contributed by atoms with Gasteiger partial charge in [0.05, 0.1) is 19.4 Å². The van der Waals surface area contributed by atoms with Crippen LogP contribution in [0.4, 0.5) is 11.4 Å². The predicted molar refractivity (Wildman–Crippen MR) is 59.3 cm³/mol. The van der Waals surface area contributed by atoms with Gasteiger partial charge in [0.2, 0.25) is 12.2 Å².